The van der Waals surface area contributed by atoms with Crippen LogP contribution in [-0.4, -0.2) is 80.8 Å². The van der Waals surface area contributed by atoms with Crippen LogP contribution >= 0.6 is 11.6 Å². The Hall–Kier alpha value is -4.69. The summed E-state index contributed by atoms with van der Waals surface area (Å²) in [4.78, 5) is 51.6. The van der Waals surface area contributed by atoms with Crippen molar-refractivity contribution in [2.24, 2.45) is 12.8 Å². The Bertz CT molecular complexity index is 1820. The molecule has 0 spiro atoms. The summed E-state index contributed by atoms with van der Waals surface area (Å²) in [5.41, 5.74) is 4.66. The van der Waals surface area contributed by atoms with Gasteiger partial charge >= 0.3 is 0 Å². The van der Waals surface area contributed by atoms with Crippen LogP contribution in [0.15, 0.2) is 35.6 Å². The van der Waals surface area contributed by atoms with Gasteiger partial charge in [0.15, 0.2) is 17.3 Å². The second kappa shape index (κ2) is 11.5. The zero-order chi connectivity index (χ0) is 31.2. The number of halogens is 2. The summed E-state index contributed by atoms with van der Waals surface area (Å²) in [6, 6.07) is 2.93. The van der Waals surface area contributed by atoms with Crippen LogP contribution in [0, 0.1) is 5.82 Å². The van der Waals surface area contributed by atoms with Gasteiger partial charge in [-0.25, -0.2) is 14.4 Å². The number of aromatic hydroxyl groups is 1. The van der Waals surface area contributed by atoms with E-state index in [2.05, 4.69) is 39.1 Å². The predicted octanol–water partition coefficient (Wildman–Crippen LogP) is 2.18. The number of phenols is 1. The van der Waals surface area contributed by atoms with Crippen LogP contribution in [0.5, 0.6) is 11.5 Å². The number of rotatable bonds is 7. The number of anilines is 2. The summed E-state index contributed by atoms with van der Waals surface area (Å²) in [6.07, 6.45) is 4.11. The number of ether oxygens (including phenoxy) is 1. The van der Waals surface area contributed by atoms with Gasteiger partial charge in [-0.3, -0.25) is 14.4 Å². The van der Waals surface area contributed by atoms with Crippen molar-refractivity contribution in [1.82, 2.24) is 24.0 Å². The topological polar surface area (TPSA) is 161 Å². The number of hydrogen-bond acceptors (Lipinski definition) is 9. The number of hydrogen-bond donors (Lipinski definition) is 3. The summed E-state index contributed by atoms with van der Waals surface area (Å²) >= 11 is 6.38. The van der Waals surface area contributed by atoms with Crippen LogP contribution in [0.1, 0.15) is 17.3 Å². The molecule has 4 N–H and O–H groups in total. The van der Waals surface area contributed by atoms with E-state index < -0.39 is 40.3 Å². The number of nitrogens with two attached hydrogens (primary N) is 1. The fourth-order valence-electron chi connectivity index (χ4n) is 5.29. The second-order valence-electron chi connectivity index (χ2n) is 10.4. The molecule has 226 valence electrons. The molecule has 4 aromatic rings. The molecule has 1 aliphatic rings. The predicted molar refractivity (Wildman–Crippen MR) is 159 cm³/mol. The van der Waals surface area contributed by atoms with Gasteiger partial charge in [-0.2, -0.15) is 0 Å². The fraction of sp³-hybridized carbons (Fsp3) is 0.321. The lowest BCUT2D eigenvalue weighted by Crippen LogP contribution is -2.50. The van der Waals surface area contributed by atoms with Gasteiger partial charge in [-0.15, -0.1) is 0 Å². The first-order valence-electron chi connectivity index (χ1n) is 13.3. The zero-order valence-corrected chi connectivity index (χ0v) is 24.6. The highest BCUT2D eigenvalue weighted by molar-refractivity contribution is 6.33. The number of methoxy groups -OCH3 is 1. The molecule has 15 heteroatoms. The molecule has 2 amide bonds. The normalized spacial score (nSPS) is 15.6. The van der Waals surface area contributed by atoms with Crippen LogP contribution < -0.4 is 26.2 Å². The highest BCUT2D eigenvalue weighted by atomic mass is 35.5. The lowest BCUT2D eigenvalue weighted by molar-refractivity contribution is -0.116. The molecule has 3 aromatic heterocycles. The average molecular weight is 613 g/mol. The van der Waals surface area contributed by atoms with Crippen LogP contribution in [0.2, 0.25) is 5.02 Å². The van der Waals surface area contributed by atoms with Crippen molar-refractivity contribution in [2.45, 2.75) is 19.5 Å². The van der Waals surface area contributed by atoms with E-state index in [1.54, 1.807) is 6.07 Å². The largest absolute Gasteiger partial charge is 0.504 e. The van der Waals surface area contributed by atoms with Gasteiger partial charge in [0.25, 0.3) is 11.5 Å². The Labute approximate surface area is 250 Å². The number of amides is 2. The van der Waals surface area contributed by atoms with Crippen LogP contribution in [0.4, 0.5) is 15.9 Å². The van der Waals surface area contributed by atoms with Crippen molar-refractivity contribution in [3.63, 3.8) is 0 Å². The molecule has 1 fully saturated rings. The number of nitrogens with zero attached hydrogens (tertiary/aromatic N) is 6. The Balaban J connectivity index is 1.53. The Morgan fingerprint density at radius 2 is 1.98 bits per heavy atom. The molecule has 5 rings (SSSR count). The van der Waals surface area contributed by atoms with Crippen molar-refractivity contribution < 1.29 is 23.8 Å². The molecule has 1 saturated heterocycles. The SMILES string of the molecule is COc1c(O)c(C(N)=O)cc(-c2cn(CC(=O)Nc3cc(N4CCN(C)C[C@@H]4C)ncc3Cl)c3ncn(C)c(=O)c23)c1F. The van der Waals surface area contributed by atoms with Crippen molar-refractivity contribution in [3.8, 4) is 22.6 Å². The van der Waals surface area contributed by atoms with Gasteiger partial charge in [0, 0.05) is 56.1 Å². The number of fused-ring (bicyclic) bond motifs is 1. The first kappa shape index (κ1) is 29.8. The van der Waals surface area contributed by atoms with E-state index in [-0.39, 0.29) is 39.8 Å². The molecular weight excluding hydrogens is 583 g/mol. The monoisotopic (exact) mass is 612 g/mol. The third-order valence-electron chi connectivity index (χ3n) is 7.45. The molecule has 0 bridgehead atoms. The van der Waals surface area contributed by atoms with Crippen molar-refractivity contribution >= 4 is 46.0 Å². The van der Waals surface area contributed by atoms with E-state index in [9.17, 15) is 19.5 Å². The molecular formula is C28H30ClFN8O5. The lowest BCUT2D eigenvalue weighted by Gasteiger charge is -2.39. The van der Waals surface area contributed by atoms with E-state index in [1.165, 1.54) is 34.9 Å². The number of pyridine rings is 1. The third-order valence-corrected chi connectivity index (χ3v) is 7.75. The highest BCUT2D eigenvalue weighted by Crippen LogP contribution is 2.41. The van der Waals surface area contributed by atoms with Crippen molar-refractivity contribution in [3.05, 3.63) is 57.6 Å². The number of nitrogens with one attached hydrogen (secondary N) is 1. The Kier molecular flexibility index (Phi) is 7.99. The van der Waals surface area contributed by atoms with Gasteiger partial charge in [0.2, 0.25) is 5.91 Å². The number of likely N-dealkylation sites (N-methyl/N-ethyl adjacent to an activating group) is 1. The summed E-state index contributed by atoms with van der Waals surface area (Å²) in [6.45, 7) is 4.24. The van der Waals surface area contributed by atoms with E-state index in [0.717, 1.165) is 32.8 Å². The lowest BCUT2D eigenvalue weighted by atomic mass is 10.0. The fourth-order valence-corrected chi connectivity index (χ4v) is 5.44. The van der Waals surface area contributed by atoms with Gasteiger partial charge in [-0.05, 0) is 20.0 Å². The molecule has 1 aromatic carbocycles. The van der Waals surface area contributed by atoms with Gasteiger partial charge in [0.1, 0.15) is 18.0 Å². The van der Waals surface area contributed by atoms with Gasteiger partial charge in [0.05, 0.1) is 41.3 Å². The quantitative estimate of drug-likeness (QED) is 0.284. The Morgan fingerprint density at radius 3 is 2.65 bits per heavy atom. The number of piperazine rings is 1. The minimum absolute atomic E-state index is 0.0167. The number of benzene rings is 1. The molecule has 0 unspecified atom stereocenters. The first-order valence-corrected chi connectivity index (χ1v) is 13.6. The molecule has 1 aliphatic heterocycles. The maximum absolute atomic E-state index is 15.6. The van der Waals surface area contributed by atoms with E-state index in [1.807, 2.05) is 0 Å². The third kappa shape index (κ3) is 5.46. The molecule has 13 nitrogen and oxygen atoms in total. The molecule has 1 atom stereocenters. The standard InChI is InChI=1S/C28H30ClFN8O5/c1-14-10-35(2)5-6-38(14)20-8-19(18(29)9-32-20)34-21(39)12-37-11-17(22-27(37)33-13-36(3)28(22)42)15-7-16(26(31)41)24(40)25(43-4)23(15)30/h7-9,11,13-14,40H,5-6,10,12H2,1-4H3,(H2,31,41)(H,32,34,39)/t14-/m0/s1. The molecule has 0 saturated carbocycles. The molecule has 4 heterocycles. The molecule has 0 radical (unpaired) electrons. The van der Waals surface area contributed by atoms with E-state index >= 15 is 4.39 Å². The summed E-state index contributed by atoms with van der Waals surface area (Å²) in [5.74, 6) is -3.30. The summed E-state index contributed by atoms with van der Waals surface area (Å²) < 4.78 is 23.1. The number of carbonyl (C=O) groups is 2. The number of aromatic nitrogens is 4. The smallest absolute Gasteiger partial charge is 0.263 e. The minimum atomic E-state index is -1.04. The van der Waals surface area contributed by atoms with E-state index in [4.69, 9.17) is 22.1 Å². The number of primary amides is 1. The highest BCUT2D eigenvalue weighted by Gasteiger charge is 2.27. The van der Waals surface area contributed by atoms with Gasteiger partial charge < -0.3 is 39.8 Å². The minimum Gasteiger partial charge on any atom is -0.504 e. The number of aryl methyl sites for hydroxylation is 1. The number of carbonyl (C=O) groups excluding carboxylic acids is 2. The average Bonchev–Trinajstić information content (AvgIpc) is 3.30. The first-order chi connectivity index (χ1) is 20.4. The van der Waals surface area contributed by atoms with Crippen LogP contribution in [-0.2, 0) is 18.4 Å². The van der Waals surface area contributed by atoms with E-state index in [0.29, 0.717) is 11.5 Å². The zero-order valence-electron chi connectivity index (χ0n) is 23.9. The maximum atomic E-state index is 15.6. The summed E-state index contributed by atoms with van der Waals surface area (Å²) in [5, 5.41) is 13.3. The van der Waals surface area contributed by atoms with Gasteiger partial charge in [-0.1, -0.05) is 11.6 Å². The second-order valence-corrected chi connectivity index (χ2v) is 10.8. The summed E-state index contributed by atoms with van der Waals surface area (Å²) in [7, 11) is 4.63. The van der Waals surface area contributed by atoms with Crippen molar-refractivity contribution in [2.75, 3.05) is 44.0 Å². The van der Waals surface area contributed by atoms with Crippen molar-refractivity contribution in [1.29, 1.82) is 0 Å². The van der Waals surface area contributed by atoms with Crippen LogP contribution in [0.25, 0.3) is 22.2 Å². The molecule has 43 heavy (non-hydrogen) atoms. The maximum Gasteiger partial charge on any atom is 0.263 e. The van der Waals surface area contributed by atoms with Crippen LogP contribution in [0.3, 0.4) is 0 Å². The Morgan fingerprint density at radius 1 is 1.23 bits per heavy atom. The molecule has 0 aliphatic carbocycles.